The summed E-state index contributed by atoms with van der Waals surface area (Å²) in [7, 11) is -4.48. The molecular weight excluding hydrogens is 802 g/mol. The Hall–Kier alpha value is -4.35. The average Bonchev–Trinajstić information content (AvgIpc) is 3.62. The number of thioether (sulfide) groups is 1. The summed E-state index contributed by atoms with van der Waals surface area (Å²) in [5.41, 5.74) is 6.80. The summed E-state index contributed by atoms with van der Waals surface area (Å²) in [6.07, 6.45) is 1.72. The number of thiophene rings is 1. The first-order chi connectivity index (χ1) is 27.8. The number of rotatable bonds is 17. The van der Waals surface area contributed by atoms with Crippen LogP contribution in [0.15, 0.2) is 72.1 Å². The molecule has 0 bridgehead atoms. The number of likely N-dealkylation sites (tertiary alicyclic amines) is 1. The number of piperidine rings is 1. The Morgan fingerprint density at radius 3 is 2.38 bits per heavy atom. The molecule has 310 valence electrons. The van der Waals surface area contributed by atoms with E-state index in [4.69, 9.17) is 5.73 Å². The van der Waals surface area contributed by atoms with Crippen LogP contribution in [0.3, 0.4) is 0 Å². The second kappa shape index (κ2) is 20.1. The molecule has 5 amide bonds. The maximum absolute atomic E-state index is 14.5. The minimum absolute atomic E-state index is 0.0775. The van der Waals surface area contributed by atoms with Gasteiger partial charge < -0.3 is 41.7 Å². The van der Waals surface area contributed by atoms with Crippen LogP contribution < -0.4 is 27.0 Å². The number of nitrogens with two attached hydrogens (primary N) is 1. The van der Waals surface area contributed by atoms with Crippen molar-refractivity contribution in [1.82, 2.24) is 31.1 Å². The van der Waals surface area contributed by atoms with Gasteiger partial charge in [0.2, 0.25) is 29.5 Å². The van der Waals surface area contributed by atoms with E-state index >= 15 is 0 Å². The number of nitrogens with one attached hydrogen (secondary N) is 4. The van der Waals surface area contributed by atoms with Gasteiger partial charge in [0.05, 0.1) is 12.0 Å². The minimum Gasteiger partial charge on any atom is -0.368 e. The van der Waals surface area contributed by atoms with Crippen LogP contribution in [-0.2, 0) is 41.4 Å². The van der Waals surface area contributed by atoms with Crippen molar-refractivity contribution in [3.8, 4) is 0 Å². The number of hydrogen-bond acceptors (Lipinski definition) is 10. The summed E-state index contributed by atoms with van der Waals surface area (Å²) in [6, 6.07) is 16.7. The summed E-state index contributed by atoms with van der Waals surface area (Å²) < 4.78 is 12.8. The van der Waals surface area contributed by atoms with Gasteiger partial charge in [-0.3, -0.25) is 33.4 Å². The minimum atomic E-state index is -4.48. The molecule has 4 aromatic rings. The highest BCUT2D eigenvalue weighted by Gasteiger charge is 2.38. The highest BCUT2D eigenvalue weighted by Crippen LogP contribution is 2.39. The zero-order valence-corrected chi connectivity index (χ0v) is 34.5. The van der Waals surface area contributed by atoms with Gasteiger partial charge in [0, 0.05) is 56.0 Å². The van der Waals surface area contributed by atoms with Gasteiger partial charge in [0.15, 0.2) is 0 Å². The van der Waals surface area contributed by atoms with Crippen molar-refractivity contribution in [1.29, 1.82) is 0 Å². The van der Waals surface area contributed by atoms with Crippen molar-refractivity contribution in [3.05, 3.63) is 83.2 Å². The first-order valence-corrected chi connectivity index (χ1v) is 23.2. The highest BCUT2D eigenvalue weighted by atomic mass is 32.2. The van der Waals surface area contributed by atoms with E-state index < -0.39 is 60.9 Å². The molecule has 15 nitrogen and oxygen atoms in total. The van der Waals surface area contributed by atoms with Gasteiger partial charge in [-0.1, -0.05) is 60.7 Å². The van der Waals surface area contributed by atoms with Crippen LogP contribution in [-0.4, -0.2) is 124 Å². The number of nitrogens with zero attached hydrogens (tertiary/aromatic N) is 2. The topological polar surface area (TPSA) is 223 Å². The molecule has 6 rings (SSSR count). The molecule has 3 heterocycles. The monoisotopic (exact) mass is 851 g/mol. The lowest BCUT2D eigenvalue weighted by molar-refractivity contribution is -0.145. The number of fused-ring (bicyclic) bond motifs is 2. The molecule has 2 aliphatic heterocycles. The van der Waals surface area contributed by atoms with E-state index in [-0.39, 0.29) is 44.0 Å². The van der Waals surface area contributed by atoms with Gasteiger partial charge in [-0.05, 0) is 58.0 Å². The summed E-state index contributed by atoms with van der Waals surface area (Å²) >= 11 is 2.31. The van der Waals surface area contributed by atoms with E-state index in [1.165, 1.54) is 16.2 Å². The molecule has 2 saturated heterocycles. The fourth-order valence-corrected chi connectivity index (χ4v) is 10.2. The second-order valence-corrected chi connectivity index (χ2v) is 18.7. The van der Waals surface area contributed by atoms with Crippen molar-refractivity contribution in [2.24, 2.45) is 5.73 Å². The van der Waals surface area contributed by atoms with Crippen LogP contribution in [0, 0.1) is 0 Å². The molecule has 3 aromatic carbocycles. The Kier molecular flexibility index (Phi) is 15.0. The standard InChI is InChI=1S/C40H50N7O8PS2/c41-37(49)31(20-26-12-13-27-7-1-2-8-28(27)19-26)44-39(51)34-10-5-6-16-47(34)40(52)33(24-57-25-56(53,54)55)45-38(50)32(43-36(48)22-46-17-14-42-15-18-46)21-29-23-58-35-11-4-3-9-30(29)35/h1-4,7-9,11-13,19,23,31-34,42H,5-6,10,14-18,20-22,24-25H2,(H2,41,49)(H,43,48)(H,44,51)(H,45,50)(H2,53,54,55). The fourth-order valence-electron chi connectivity index (χ4n) is 7.43. The van der Waals surface area contributed by atoms with Crippen molar-refractivity contribution in [2.75, 3.05) is 50.5 Å². The molecule has 2 aliphatic rings. The molecule has 2 fully saturated rings. The van der Waals surface area contributed by atoms with Crippen LogP contribution in [0.1, 0.15) is 30.4 Å². The van der Waals surface area contributed by atoms with E-state index in [2.05, 4.69) is 21.3 Å². The Bertz CT molecular complexity index is 2160. The highest BCUT2D eigenvalue weighted by molar-refractivity contribution is 8.04. The SMILES string of the molecule is NC(=O)C(Cc1ccc2ccccc2c1)NC(=O)C1CCCCN1C(=O)C(CSCP(=O)(O)O)NC(=O)C(Cc1csc2ccccc12)NC(=O)CN1CCNCC1. The Morgan fingerprint density at radius 1 is 0.879 bits per heavy atom. The van der Waals surface area contributed by atoms with E-state index in [1.807, 2.05) is 77.0 Å². The molecule has 0 aliphatic carbocycles. The van der Waals surface area contributed by atoms with Crippen LogP contribution >= 0.6 is 30.7 Å². The number of hydrogen-bond donors (Lipinski definition) is 7. The number of amides is 5. The van der Waals surface area contributed by atoms with Gasteiger partial charge in [-0.25, -0.2) is 0 Å². The molecule has 18 heteroatoms. The smallest absolute Gasteiger partial charge is 0.335 e. The van der Waals surface area contributed by atoms with E-state index in [0.29, 0.717) is 25.9 Å². The van der Waals surface area contributed by atoms with Crippen LogP contribution in [0.4, 0.5) is 0 Å². The number of carbonyl (C=O) groups excluding carboxylic acids is 5. The molecule has 0 saturated carbocycles. The Labute approximate surface area is 345 Å². The molecule has 0 spiro atoms. The van der Waals surface area contributed by atoms with Crippen molar-refractivity contribution in [3.63, 3.8) is 0 Å². The number of benzene rings is 3. The van der Waals surface area contributed by atoms with E-state index in [0.717, 1.165) is 56.8 Å². The van der Waals surface area contributed by atoms with Gasteiger partial charge in [0.1, 0.15) is 24.2 Å². The van der Waals surface area contributed by atoms with Crippen molar-refractivity contribution < 1.29 is 38.3 Å². The molecule has 4 unspecified atom stereocenters. The third-order valence-corrected chi connectivity index (χ3v) is 14.0. The van der Waals surface area contributed by atoms with Gasteiger partial charge in [0.25, 0.3) is 0 Å². The summed E-state index contributed by atoms with van der Waals surface area (Å²) in [5, 5.41) is 16.5. The summed E-state index contributed by atoms with van der Waals surface area (Å²) in [4.78, 5) is 91.3. The molecule has 8 N–H and O–H groups in total. The molecule has 1 aromatic heterocycles. The molecule has 58 heavy (non-hydrogen) atoms. The normalized spacial score (nSPS) is 18.0. The van der Waals surface area contributed by atoms with Gasteiger partial charge in [-0.2, -0.15) is 0 Å². The third-order valence-electron chi connectivity index (χ3n) is 10.4. The zero-order chi connectivity index (χ0) is 41.2. The van der Waals surface area contributed by atoms with Crippen LogP contribution in [0.2, 0.25) is 0 Å². The van der Waals surface area contributed by atoms with Crippen LogP contribution in [0.25, 0.3) is 20.9 Å². The predicted octanol–water partition coefficient (Wildman–Crippen LogP) is 1.93. The lowest BCUT2D eigenvalue weighted by Crippen LogP contribution is -2.61. The van der Waals surface area contributed by atoms with Crippen LogP contribution in [0.5, 0.6) is 0 Å². The first kappa shape index (κ1) is 43.2. The largest absolute Gasteiger partial charge is 0.368 e. The average molecular weight is 852 g/mol. The molecule has 4 atom stereocenters. The second-order valence-electron chi connectivity index (χ2n) is 14.7. The first-order valence-electron chi connectivity index (χ1n) is 19.3. The summed E-state index contributed by atoms with van der Waals surface area (Å²) in [6.45, 7) is 3.05. The maximum Gasteiger partial charge on any atom is 0.335 e. The third kappa shape index (κ3) is 11.9. The lowest BCUT2D eigenvalue weighted by Gasteiger charge is -2.37. The van der Waals surface area contributed by atoms with Gasteiger partial charge >= 0.3 is 7.60 Å². The molecular formula is C40H50N7O8PS2. The van der Waals surface area contributed by atoms with E-state index in [1.54, 1.807) is 0 Å². The number of carbonyl (C=O) groups is 5. The lowest BCUT2D eigenvalue weighted by atomic mass is 9.98. The maximum atomic E-state index is 14.5. The Morgan fingerprint density at radius 2 is 1.62 bits per heavy atom. The summed E-state index contributed by atoms with van der Waals surface area (Å²) in [5.74, 6) is -3.16. The number of piperazine rings is 1. The number of primary amides is 1. The van der Waals surface area contributed by atoms with Gasteiger partial charge in [-0.15, -0.1) is 23.1 Å². The van der Waals surface area contributed by atoms with Crippen molar-refractivity contribution >= 4 is 81.1 Å². The molecule has 0 radical (unpaired) electrons. The predicted molar refractivity (Wildman–Crippen MR) is 226 cm³/mol. The van der Waals surface area contributed by atoms with E-state index in [9.17, 15) is 38.3 Å². The zero-order valence-electron chi connectivity index (χ0n) is 32.0. The van der Waals surface area contributed by atoms with Crippen molar-refractivity contribution in [2.45, 2.75) is 56.3 Å². The quantitative estimate of drug-likeness (QED) is 0.0761. The Balaban J connectivity index is 1.20. The fraction of sp³-hybridized carbons (Fsp3) is 0.425.